The van der Waals surface area contributed by atoms with E-state index in [0.29, 0.717) is 28.9 Å². The van der Waals surface area contributed by atoms with Crippen molar-refractivity contribution in [3.05, 3.63) is 76.3 Å². The van der Waals surface area contributed by atoms with Crippen LogP contribution in [-0.4, -0.2) is 37.9 Å². The number of rotatable bonds is 8. The molecule has 0 aliphatic carbocycles. The lowest BCUT2D eigenvalue weighted by atomic mass is 10.2. The van der Waals surface area contributed by atoms with Crippen molar-refractivity contribution in [2.75, 3.05) is 12.4 Å². The fraction of sp³-hybridized carbons (Fsp3) is 0.182. The first-order valence-corrected chi connectivity index (χ1v) is 10.0. The van der Waals surface area contributed by atoms with Crippen molar-refractivity contribution in [2.24, 2.45) is 0 Å². The Morgan fingerprint density at radius 1 is 1.18 bits per heavy atom. The maximum Gasteiger partial charge on any atom is 0.269 e. The first-order chi connectivity index (χ1) is 15.9. The number of ether oxygens (including phenoxy) is 1. The predicted molar refractivity (Wildman–Crippen MR) is 118 cm³/mol. The summed E-state index contributed by atoms with van der Waals surface area (Å²) in [5.74, 6) is 1.69. The molecule has 0 spiro atoms. The van der Waals surface area contributed by atoms with E-state index in [2.05, 4.69) is 20.6 Å². The molecule has 4 rings (SSSR count). The third-order valence-corrected chi connectivity index (χ3v) is 4.79. The number of aryl methyl sites for hydroxylation is 2. The number of nitro benzene ring substituents is 1. The Hall–Kier alpha value is -4.54. The Kier molecular flexibility index (Phi) is 6.11. The Morgan fingerprint density at radius 3 is 2.58 bits per heavy atom. The van der Waals surface area contributed by atoms with Crippen molar-refractivity contribution in [1.82, 2.24) is 19.9 Å². The third-order valence-electron chi connectivity index (χ3n) is 4.79. The number of carbonyl (C=O) groups is 1. The number of hydrogen-bond donors (Lipinski definition) is 1. The third kappa shape index (κ3) is 5.03. The highest BCUT2D eigenvalue weighted by Gasteiger charge is 2.15. The van der Waals surface area contributed by atoms with Crippen LogP contribution in [0.25, 0.3) is 17.1 Å². The van der Waals surface area contributed by atoms with Crippen LogP contribution in [0, 0.1) is 17.0 Å². The van der Waals surface area contributed by atoms with Gasteiger partial charge in [-0.25, -0.2) is 4.68 Å². The van der Waals surface area contributed by atoms with E-state index in [0.717, 1.165) is 11.3 Å². The largest absolute Gasteiger partial charge is 0.497 e. The van der Waals surface area contributed by atoms with Crippen molar-refractivity contribution < 1.29 is 19.0 Å². The predicted octanol–water partition coefficient (Wildman–Crippen LogP) is 3.72. The molecule has 0 saturated heterocycles. The highest BCUT2D eigenvalue weighted by Crippen LogP contribution is 2.22. The molecule has 0 aliphatic heterocycles. The molecule has 0 bridgehead atoms. The summed E-state index contributed by atoms with van der Waals surface area (Å²) in [4.78, 5) is 27.3. The molecule has 0 atom stereocenters. The molecule has 11 nitrogen and oxygen atoms in total. The zero-order valence-electron chi connectivity index (χ0n) is 17.9. The van der Waals surface area contributed by atoms with Crippen LogP contribution in [0.2, 0.25) is 0 Å². The molecule has 168 valence electrons. The van der Waals surface area contributed by atoms with E-state index in [1.807, 2.05) is 12.1 Å². The smallest absolute Gasteiger partial charge is 0.269 e. The van der Waals surface area contributed by atoms with Crippen molar-refractivity contribution >= 4 is 17.4 Å². The van der Waals surface area contributed by atoms with E-state index in [4.69, 9.17) is 9.26 Å². The van der Waals surface area contributed by atoms with Gasteiger partial charge in [0.25, 0.3) is 5.69 Å². The minimum Gasteiger partial charge on any atom is -0.497 e. The second kappa shape index (κ2) is 9.30. The fourth-order valence-corrected chi connectivity index (χ4v) is 3.14. The summed E-state index contributed by atoms with van der Waals surface area (Å²) in [6, 6.07) is 14.9. The number of amides is 1. The summed E-state index contributed by atoms with van der Waals surface area (Å²) >= 11 is 0. The first-order valence-electron chi connectivity index (χ1n) is 10.0. The molecule has 4 aromatic rings. The van der Waals surface area contributed by atoms with E-state index >= 15 is 0 Å². The molecule has 1 amide bonds. The number of anilines is 1. The summed E-state index contributed by atoms with van der Waals surface area (Å²) < 4.78 is 11.9. The molecule has 0 radical (unpaired) electrons. The summed E-state index contributed by atoms with van der Waals surface area (Å²) in [5.41, 5.74) is 2.02. The SMILES string of the molecule is COc1ccc(-c2noc(CCC(=O)Nc3cc(C)nn3-c3ccc([N+](=O)[O-])cc3)n2)cc1. The van der Waals surface area contributed by atoms with Gasteiger partial charge in [-0.05, 0) is 43.3 Å². The van der Waals surface area contributed by atoms with Gasteiger partial charge in [-0.2, -0.15) is 10.1 Å². The van der Waals surface area contributed by atoms with Crippen molar-refractivity contribution in [2.45, 2.75) is 19.8 Å². The zero-order valence-corrected chi connectivity index (χ0v) is 17.9. The number of non-ortho nitro benzene ring substituents is 1. The number of hydrogen-bond acceptors (Lipinski definition) is 8. The van der Waals surface area contributed by atoms with Gasteiger partial charge < -0.3 is 14.6 Å². The summed E-state index contributed by atoms with van der Waals surface area (Å²) in [5, 5.41) is 22.0. The number of nitrogens with zero attached hydrogens (tertiary/aromatic N) is 5. The topological polar surface area (TPSA) is 138 Å². The van der Waals surface area contributed by atoms with E-state index in [1.165, 1.54) is 16.8 Å². The van der Waals surface area contributed by atoms with Gasteiger partial charge in [-0.15, -0.1) is 0 Å². The molecule has 0 fully saturated rings. The minimum atomic E-state index is -0.474. The maximum absolute atomic E-state index is 12.5. The molecular weight excluding hydrogens is 428 g/mol. The molecule has 2 aromatic carbocycles. The van der Waals surface area contributed by atoms with Gasteiger partial charge in [0.05, 0.1) is 23.4 Å². The summed E-state index contributed by atoms with van der Waals surface area (Å²) in [6.07, 6.45) is 0.383. The molecular formula is C22H20N6O5. The maximum atomic E-state index is 12.5. The lowest BCUT2D eigenvalue weighted by Gasteiger charge is -2.08. The van der Waals surface area contributed by atoms with Crippen LogP contribution in [-0.2, 0) is 11.2 Å². The summed E-state index contributed by atoms with van der Waals surface area (Å²) in [7, 11) is 1.59. The number of nitro groups is 1. The van der Waals surface area contributed by atoms with E-state index in [1.54, 1.807) is 44.4 Å². The minimum absolute atomic E-state index is 0.0261. The van der Waals surface area contributed by atoms with Crippen LogP contribution in [0.1, 0.15) is 18.0 Å². The molecule has 1 N–H and O–H groups in total. The van der Waals surface area contributed by atoms with Crippen LogP contribution in [0.3, 0.4) is 0 Å². The average Bonchev–Trinajstić information content (AvgIpc) is 3.44. The van der Waals surface area contributed by atoms with Crippen LogP contribution in [0.5, 0.6) is 5.75 Å². The Morgan fingerprint density at radius 2 is 1.91 bits per heavy atom. The molecule has 2 aromatic heterocycles. The molecule has 0 aliphatic rings. The fourth-order valence-electron chi connectivity index (χ4n) is 3.14. The van der Waals surface area contributed by atoms with Gasteiger partial charge in [0.2, 0.25) is 17.6 Å². The number of methoxy groups -OCH3 is 1. The standard InChI is InChI=1S/C22H20N6O5/c1-14-13-19(27(25-14)16-5-7-17(8-6-16)28(30)31)23-20(29)11-12-21-24-22(26-33-21)15-3-9-18(32-2)10-4-15/h3-10,13H,11-12H2,1-2H3,(H,23,29). The van der Waals surface area contributed by atoms with Gasteiger partial charge >= 0.3 is 0 Å². The van der Waals surface area contributed by atoms with Gasteiger partial charge in [-0.3, -0.25) is 14.9 Å². The summed E-state index contributed by atoms with van der Waals surface area (Å²) in [6.45, 7) is 1.79. The quantitative estimate of drug-likeness (QED) is 0.318. The van der Waals surface area contributed by atoms with Crippen molar-refractivity contribution in [1.29, 1.82) is 0 Å². The highest BCUT2D eigenvalue weighted by molar-refractivity contribution is 5.90. The van der Waals surface area contributed by atoms with E-state index in [-0.39, 0.29) is 24.4 Å². The number of carbonyl (C=O) groups excluding carboxylic acids is 1. The molecule has 0 saturated carbocycles. The van der Waals surface area contributed by atoms with E-state index in [9.17, 15) is 14.9 Å². The Balaban J connectivity index is 1.40. The van der Waals surface area contributed by atoms with Crippen LogP contribution in [0.15, 0.2) is 59.1 Å². The number of aromatic nitrogens is 4. The zero-order chi connectivity index (χ0) is 23.4. The van der Waals surface area contributed by atoms with Crippen molar-refractivity contribution in [3.8, 4) is 22.8 Å². The second-order valence-electron chi connectivity index (χ2n) is 7.14. The van der Waals surface area contributed by atoms with Gasteiger partial charge in [0.15, 0.2) is 0 Å². The average molecular weight is 448 g/mol. The lowest BCUT2D eigenvalue weighted by molar-refractivity contribution is -0.384. The Labute approximate surface area is 188 Å². The van der Waals surface area contributed by atoms with Crippen LogP contribution >= 0.6 is 0 Å². The molecule has 33 heavy (non-hydrogen) atoms. The lowest BCUT2D eigenvalue weighted by Crippen LogP contribution is -2.15. The van der Waals surface area contributed by atoms with Gasteiger partial charge in [0, 0.05) is 36.6 Å². The number of nitrogens with one attached hydrogen (secondary N) is 1. The molecule has 0 unspecified atom stereocenters. The molecule has 2 heterocycles. The van der Waals surface area contributed by atoms with Crippen LogP contribution in [0.4, 0.5) is 11.5 Å². The highest BCUT2D eigenvalue weighted by atomic mass is 16.6. The van der Waals surface area contributed by atoms with Gasteiger partial charge in [0.1, 0.15) is 11.6 Å². The van der Waals surface area contributed by atoms with E-state index < -0.39 is 4.92 Å². The normalized spacial score (nSPS) is 10.7. The molecule has 11 heteroatoms. The number of benzene rings is 2. The van der Waals surface area contributed by atoms with Crippen LogP contribution < -0.4 is 10.1 Å². The first kappa shape index (κ1) is 21.7. The van der Waals surface area contributed by atoms with Crippen molar-refractivity contribution in [3.63, 3.8) is 0 Å². The second-order valence-corrected chi connectivity index (χ2v) is 7.14. The Bertz CT molecular complexity index is 1280. The van der Waals surface area contributed by atoms with Gasteiger partial charge in [-0.1, -0.05) is 5.16 Å². The monoisotopic (exact) mass is 448 g/mol.